The average molecular weight is 368 g/mol. The third-order valence-corrected chi connectivity index (χ3v) is 3.87. The fourth-order valence-corrected chi connectivity index (χ4v) is 2.58. The Hall–Kier alpha value is -4.20. The zero-order valence-corrected chi connectivity index (χ0v) is 14.8. The van der Waals surface area contributed by atoms with E-state index in [9.17, 15) is 0 Å². The SMILES string of the molecule is C(=C/c1cccc(Nc2ccnnn2)c1Nc1ccnnn1)/c1ccccc1. The van der Waals surface area contributed by atoms with Crippen molar-refractivity contribution in [2.45, 2.75) is 0 Å². The van der Waals surface area contributed by atoms with Crippen LogP contribution in [0.4, 0.5) is 23.0 Å². The van der Waals surface area contributed by atoms with Crippen molar-refractivity contribution in [1.82, 2.24) is 30.8 Å². The van der Waals surface area contributed by atoms with Gasteiger partial charge in [0.1, 0.15) is 0 Å². The van der Waals surface area contributed by atoms with Gasteiger partial charge in [-0.25, -0.2) is 0 Å². The molecule has 0 radical (unpaired) electrons. The fraction of sp³-hybridized carbons (Fsp3) is 0. The second-order valence-electron chi connectivity index (χ2n) is 5.78. The molecule has 0 bridgehead atoms. The second kappa shape index (κ2) is 8.45. The Morgan fingerprint density at radius 1 is 0.643 bits per heavy atom. The molecule has 8 heteroatoms. The van der Waals surface area contributed by atoms with E-state index >= 15 is 0 Å². The lowest BCUT2D eigenvalue weighted by atomic mass is 10.1. The number of anilines is 4. The third-order valence-electron chi connectivity index (χ3n) is 3.87. The van der Waals surface area contributed by atoms with Crippen molar-refractivity contribution in [3.63, 3.8) is 0 Å². The van der Waals surface area contributed by atoms with E-state index in [1.54, 1.807) is 24.5 Å². The Kier molecular flexibility index (Phi) is 5.20. The molecule has 0 spiro atoms. The van der Waals surface area contributed by atoms with E-state index in [0.29, 0.717) is 11.6 Å². The molecule has 0 unspecified atom stereocenters. The molecule has 8 nitrogen and oxygen atoms in total. The van der Waals surface area contributed by atoms with Crippen molar-refractivity contribution in [1.29, 1.82) is 0 Å². The summed E-state index contributed by atoms with van der Waals surface area (Å²) in [5.74, 6) is 1.17. The smallest absolute Gasteiger partial charge is 0.156 e. The van der Waals surface area contributed by atoms with Crippen LogP contribution in [-0.2, 0) is 0 Å². The van der Waals surface area contributed by atoms with Gasteiger partial charge in [0.2, 0.25) is 0 Å². The molecular weight excluding hydrogens is 352 g/mol. The van der Waals surface area contributed by atoms with Gasteiger partial charge in [-0.2, -0.15) is 0 Å². The number of hydrogen-bond acceptors (Lipinski definition) is 8. The third kappa shape index (κ3) is 4.31. The summed E-state index contributed by atoms with van der Waals surface area (Å²) < 4.78 is 0. The lowest BCUT2D eigenvalue weighted by Crippen LogP contribution is -2.03. The zero-order chi connectivity index (χ0) is 19.0. The van der Waals surface area contributed by atoms with Crippen molar-refractivity contribution in [2.24, 2.45) is 0 Å². The quantitative estimate of drug-likeness (QED) is 0.497. The molecule has 4 rings (SSSR count). The maximum absolute atomic E-state index is 4.02. The first-order valence-corrected chi connectivity index (χ1v) is 8.57. The number of benzene rings is 2. The zero-order valence-electron chi connectivity index (χ0n) is 14.8. The summed E-state index contributed by atoms with van der Waals surface area (Å²) in [6.07, 6.45) is 7.25. The minimum Gasteiger partial charge on any atom is -0.337 e. The first-order valence-electron chi connectivity index (χ1n) is 8.57. The summed E-state index contributed by atoms with van der Waals surface area (Å²) in [5.41, 5.74) is 3.72. The largest absolute Gasteiger partial charge is 0.337 e. The van der Waals surface area contributed by atoms with E-state index in [4.69, 9.17) is 0 Å². The summed E-state index contributed by atoms with van der Waals surface area (Å²) in [6, 6.07) is 19.5. The van der Waals surface area contributed by atoms with Crippen LogP contribution < -0.4 is 10.6 Å². The molecule has 4 aromatic rings. The maximum Gasteiger partial charge on any atom is 0.156 e. The number of para-hydroxylation sites is 1. The number of nitrogens with one attached hydrogen (secondary N) is 2. The lowest BCUT2D eigenvalue weighted by Gasteiger charge is -2.15. The molecule has 0 fully saturated rings. The van der Waals surface area contributed by atoms with Gasteiger partial charge in [-0.3, -0.25) is 0 Å². The average Bonchev–Trinajstić information content (AvgIpc) is 2.76. The van der Waals surface area contributed by atoms with E-state index in [2.05, 4.69) is 47.5 Å². The Balaban J connectivity index is 1.72. The minimum atomic E-state index is 0.583. The molecule has 0 aliphatic rings. The monoisotopic (exact) mass is 368 g/mol. The second-order valence-corrected chi connectivity index (χ2v) is 5.78. The van der Waals surface area contributed by atoms with Gasteiger partial charge in [-0.05, 0) is 22.1 Å². The summed E-state index contributed by atoms with van der Waals surface area (Å²) in [6.45, 7) is 0. The number of rotatable bonds is 6. The van der Waals surface area contributed by atoms with Crippen molar-refractivity contribution in [3.8, 4) is 0 Å². The van der Waals surface area contributed by atoms with E-state index in [0.717, 1.165) is 22.5 Å². The van der Waals surface area contributed by atoms with Gasteiger partial charge in [-0.15, -0.1) is 20.4 Å². The van der Waals surface area contributed by atoms with E-state index in [1.807, 2.05) is 54.6 Å². The molecule has 0 atom stereocenters. The predicted octanol–water partition coefficient (Wildman–Crippen LogP) is 3.71. The Labute approximate surface area is 161 Å². The highest BCUT2D eigenvalue weighted by Crippen LogP contribution is 2.32. The van der Waals surface area contributed by atoms with Crippen LogP contribution in [0.3, 0.4) is 0 Å². The number of nitrogens with zero attached hydrogens (tertiary/aromatic N) is 6. The van der Waals surface area contributed by atoms with E-state index < -0.39 is 0 Å². The predicted molar refractivity (Wildman–Crippen MR) is 108 cm³/mol. The van der Waals surface area contributed by atoms with Gasteiger partial charge in [0, 0.05) is 17.7 Å². The molecule has 0 aliphatic heterocycles. The molecule has 2 aromatic heterocycles. The van der Waals surface area contributed by atoms with Crippen LogP contribution in [0.15, 0.2) is 73.1 Å². The Bertz CT molecular complexity index is 1050. The van der Waals surface area contributed by atoms with E-state index in [1.165, 1.54) is 0 Å². The van der Waals surface area contributed by atoms with Crippen LogP contribution in [0.2, 0.25) is 0 Å². The van der Waals surface area contributed by atoms with Crippen molar-refractivity contribution >= 4 is 35.2 Å². The number of aromatic nitrogens is 6. The van der Waals surface area contributed by atoms with Gasteiger partial charge in [-0.1, -0.05) is 54.6 Å². The van der Waals surface area contributed by atoms with Gasteiger partial charge in [0.05, 0.1) is 23.8 Å². The van der Waals surface area contributed by atoms with Crippen LogP contribution in [0.1, 0.15) is 11.1 Å². The van der Waals surface area contributed by atoms with Crippen molar-refractivity contribution < 1.29 is 0 Å². The van der Waals surface area contributed by atoms with Crippen molar-refractivity contribution in [3.05, 3.63) is 84.2 Å². The normalized spacial score (nSPS) is 10.7. The molecule has 0 saturated carbocycles. The molecule has 2 aromatic carbocycles. The maximum atomic E-state index is 4.02. The molecule has 0 aliphatic carbocycles. The Morgan fingerprint density at radius 2 is 1.36 bits per heavy atom. The molecular formula is C20H16N8. The minimum absolute atomic E-state index is 0.583. The van der Waals surface area contributed by atoms with Crippen LogP contribution in [0, 0.1) is 0 Å². The highest BCUT2D eigenvalue weighted by Gasteiger charge is 2.09. The lowest BCUT2D eigenvalue weighted by molar-refractivity contribution is 0.869. The van der Waals surface area contributed by atoms with Crippen LogP contribution in [0.25, 0.3) is 12.2 Å². The molecule has 2 N–H and O–H groups in total. The first-order chi connectivity index (χ1) is 13.9. The topological polar surface area (TPSA) is 101 Å². The summed E-state index contributed by atoms with van der Waals surface area (Å²) in [5, 5.41) is 29.3. The van der Waals surface area contributed by atoms with Gasteiger partial charge < -0.3 is 10.6 Å². The van der Waals surface area contributed by atoms with Gasteiger partial charge in [0.25, 0.3) is 0 Å². The van der Waals surface area contributed by atoms with Crippen LogP contribution in [0.5, 0.6) is 0 Å². The standard InChI is InChI=1S/C20H16N8/c1-2-5-15(6-3-1)9-10-16-7-4-8-17(23-18-11-13-21-27-25-18)20(16)24-19-12-14-22-28-26-19/h1-14H,(H,21,23,25)(H,22,24,26)/b10-9-. The molecule has 0 saturated heterocycles. The summed E-state index contributed by atoms with van der Waals surface area (Å²) in [7, 11) is 0. The molecule has 2 heterocycles. The molecule has 0 amide bonds. The first kappa shape index (κ1) is 17.2. The highest BCUT2D eigenvalue weighted by molar-refractivity contribution is 5.87. The van der Waals surface area contributed by atoms with Crippen molar-refractivity contribution in [2.75, 3.05) is 10.6 Å². The Morgan fingerprint density at radius 3 is 2.04 bits per heavy atom. The van der Waals surface area contributed by atoms with Gasteiger partial charge >= 0.3 is 0 Å². The summed E-state index contributed by atoms with van der Waals surface area (Å²) in [4.78, 5) is 0. The highest BCUT2D eigenvalue weighted by atomic mass is 15.3. The summed E-state index contributed by atoms with van der Waals surface area (Å²) >= 11 is 0. The number of hydrogen-bond donors (Lipinski definition) is 2. The fourth-order valence-electron chi connectivity index (χ4n) is 2.58. The van der Waals surface area contributed by atoms with Crippen LogP contribution in [-0.4, -0.2) is 30.8 Å². The molecule has 136 valence electrons. The van der Waals surface area contributed by atoms with E-state index in [-0.39, 0.29) is 0 Å². The van der Waals surface area contributed by atoms with Gasteiger partial charge in [0.15, 0.2) is 11.6 Å². The molecule has 28 heavy (non-hydrogen) atoms. The van der Waals surface area contributed by atoms with Crippen LogP contribution >= 0.6 is 0 Å².